The molecule has 0 bridgehead atoms. The summed E-state index contributed by atoms with van der Waals surface area (Å²) in [6.07, 6.45) is 0. The van der Waals surface area contributed by atoms with E-state index in [0.717, 1.165) is 11.2 Å². The predicted octanol–water partition coefficient (Wildman–Crippen LogP) is 3.67. The van der Waals surface area contributed by atoms with Crippen molar-refractivity contribution in [2.75, 3.05) is 17.1 Å². The number of carbonyl (C=O) groups is 1. The van der Waals surface area contributed by atoms with E-state index in [1.807, 2.05) is 0 Å². The molecule has 0 fully saturated rings. The van der Waals surface area contributed by atoms with Crippen LogP contribution < -0.4 is 9.04 Å². The predicted molar refractivity (Wildman–Crippen MR) is 95.0 cm³/mol. The van der Waals surface area contributed by atoms with Crippen LogP contribution in [0.3, 0.4) is 0 Å². The number of hydrogen-bond acceptors (Lipinski definition) is 6. The van der Waals surface area contributed by atoms with Crippen LogP contribution in [0.5, 0.6) is 11.5 Å². The van der Waals surface area contributed by atoms with E-state index in [4.69, 9.17) is 32.4 Å². The minimum Gasteiger partial charge on any atom is -0.502 e. The molecule has 0 saturated heterocycles. The SMILES string of the molecule is CCS(=O)(=O)N(C)c1oc(-c2cc(Cl)cc(Cl)c2)c(O)c1OC(C)=O. The molecule has 1 N–H and O–H groups in total. The van der Waals surface area contributed by atoms with Gasteiger partial charge in [0.15, 0.2) is 5.76 Å². The van der Waals surface area contributed by atoms with Gasteiger partial charge in [-0.25, -0.2) is 12.7 Å². The van der Waals surface area contributed by atoms with Crippen LogP contribution in [0.25, 0.3) is 11.3 Å². The molecule has 136 valence electrons. The van der Waals surface area contributed by atoms with Crippen molar-refractivity contribution in [2.24, 2.45) is 0 Å². The average Bonchev–Trinajstić information content (AvgIpc) is 2.82. The molecule has 0 amide bonds. The summed E-state index contributed by atoms with van der Waals surface area (Å²) in [5.74, 6) is -2.38. The van der Waals surface area contributed by atoms with E-state index in [0.29, 0.717) is 0 Å². The quantitative estimate of drug-likeness (QED) is 0.759. The minimum absolute atomic E-state index is 0.131. The lowest BCUT2D eigenvalue weighted by Crippen LogP contribution is -2.28. The molecule has 0 aliphatic carbocycles. The number of rotatable bonds is 5. The van der Waals surface area contributed by atoms with Crippen molar-refractivity contribution >= 4 is 45.1 Å². The fourth-order valence-electron chi connectivity index (χ4n) is 2.04. The summed E-state index contributed by atoms with van der Waals surface area (Å²) in [7, 11) is -2.51. The molecular formula is C15H15Cl2NO6S. The Hall–Kier alpha value is -1.90. The zero-order valence-corrected chi connectivity index (χ0v) is 15.9. The first-order chi connectivity index (χ1) is 11.6. The molecule has 2 rings (SSSR count). The smallest absolute Gasteiger partial charge is 0.308 e. The highest BCUT2D eigenvalue weighted by Crippen LogP contribution is 2.48. The van der Waals surface area contributed by atoms with Gasteiger partial charge in [0.1, 0.15) is 0 Å². The minimum atomic E-state index is -3.73. The van der Waals surface area contributed by atoms with E-state index < -0.39 is 27.5 Å². The molecule has 1 aromatic carbocycles. The molecule has 0 atom stereocenters. The molecular weight excluding hydrogens is 393 g/mol. The van der Waals surface area contributed by atoms with Gasteiger partial charge >= 0.3 is 5.97 Å². The second-order valence-electron chi connectivity index (χ2n) is 5.03. The lowest BCUT2D eigenvalue weighted by Gasteiger charge is -2.16. The second-order valence-corrected chi connectivity index (χ2v) is 8.20. The van der Waals surface area contributed by atoms with E-state index in [9.17, 15) is 18.3 Å². The first kappa shape index (κ1) is 19.4. The van der Waals surface area contributed by atoms with Crippen LogP contribution in [0.1, 0.15) is 13.8 Å². The Bertz CT molecular complexity index is 902. The summed E-state index contributed by atoms with van der Waals surface area (Å²) in [6.45, 7) is 2.55. The molecule has 0 radical (unpaired) electrons. The largest absolute Gasteiger partial charge is 0.502 e. The molecule has 0 aliphatic heterocycles. The van der Waals surface area contributed by atoms with Crippen LogP contribution >= 0.6 is 23.2 Å². The van der Waals surface area contributed by atoms with Crippen LogP contribution in [0.15, 0.2) is 22.6 Å². The maximum atomic E-state index is 12.1. The fourth-order valence-corrected chi connectivity index (χ4v) is 3.33. The van der Waals surface area contributed by atoms with Crippen molar-refractivity contribution in [1.82, 2.24) is 0 Å². The van der Waals surface area contributed by atoms with Gasteiger partial charge in [0.2, 0.25) is 21.5 Å². The summed E-state index contributed by atoms with van der Waals surface area (Å²) in [5, 5.41) is 11.0. The average molecular weight is 408 g/mol. The summed E-state index contributed by atoms with van der Waals surface area (Å²) in [5.41, 5.74) is 0.289. The number of furan rings is 1. The van der Waals surface area contributed by atoms with E-state index in [1.165, 1.54) is 32.2 Å². The van der Waals surface area contributed by atoms with Crippen LogP contribution in [0.2, 0.25) is 10.0 Å². The van der Waals surface area contributed by atoms with Gasteiger partial charge in [-0.3, -0.25) is 4.79 Å². The Balaban J connectivity index is 2.70. The number of benzene rings is 1. The number of anilines is 1. The van der Waals surface area contributed by atoms with Crippen LogP contribution in [-0.4, -0.2) is 32.3 Å². The number of halogens is 2. The summed E-state index contributed by atoms with van der Waals surface area (Å²) < 4.78 is 35.4. The zero-order valence-electron chi connectivity index (χ0n) is 13.5. The van der Waals surface area contributed by atoms with Crippen molar-refractivity contribution in [3.63, 3.8) is 0 Å². The van der Waals surface area contributed by atoms with Crippen molar-refractivity contribution < 1.29 is 27.5 Å². The van der Waals surface area contributed by atoms with E-state index >= 15 is 0 Å². The van der Waals surface area contributed by atoms with Crippen molar-refractivity contribution in [3.8, 4) is 22.8 Å². The Morgan fingerprint density at radius 2 is 1.84 bits per heavy atom. The van der Waals surface area contributed by atoms with Crippen molar-refractivity contribution in [3.05, 3.63) is 28.2 Å². The number of aromatic hydroxyl groups is 1. The van der Waals surface area contributed by atoms with Crippen molar-refractivity contribution in [2.45, 2.75) is 13.8 Å². The third-order valence-electron chi connectivity index (χ3n) is 3.26. The summed E-state index contributed by atoms with van der Waals surface area (Å²) in [6, 6.07) is 4.40. The van der Waals surface area contributed by atoms with Crippen LogP contribution in [-0.2, 0) is 14.8 Å². The van der Waals surface area contributed by atoms with Gasteiger partial charge in [0, 0.05) is 29.6 Å². The normalized spacial score (nSPS) is 11.4. The lowest BCUT2D eigenvalue weighted by molar-refractivity contribution is -0.132. The number of esters is 1. The van der Waals surface area contributed by atoms with E-state index in [2.05, 4.69) is 0 Å². The number of carbonyl (C=O) groups excluding carboxylic acids is 1. The Morgan fingerprint density at radius 3 is 2.32 bits per heavy atom. The Kier molecular flexibility index (Phi) is 5.55. The topological polar surface area (TPSA) is 97.1 Å². The molecule has 1 aromatic heterocycles. The van der Waals surface area contributed by atoms with Crippen LogP contribution in [0, 0.1) is 0 Å². The molecule has 2 aromatic rings. The summed E-state index contributed by atoms with van der Waals surface area (Å²) in [4.78, 5) is 11.3. The van der Waals surface area contributed by atoms with E-state index in [-0.39, 0.29) is 33.0 Å². The zero-order chi connectivity index (χ0) is 18.9. The molecule has 1 heterocycles. The molecule has 0 spiro atoms. The first-order valence-corrected chi connectivity index (χ1v) is 9.40. The number of ether oxygens (including phenoxy) is 1. The standard InChI is InChI=1S/C15H15Cl2NO6S/c1-4-25(21,22)18(3)15-14(23-8(2)19)12(20)13(24-15)9-5-10(16)7-11(17)6-9/h5-7,20H,4H2,1-3H3. The molecule has 25 heavy (non-hydrogen) atoms. The molecule has 0 unspecified atom stereocenters. The molecule has 0 aliphatic rings. The number of hydrogen-bond donors (Lipinski definition) is 1. The monoisotopic (exact) mass is 407 g/mol. The maximum absolute atomic E-state index is 12.1. The molecule has 7 nitrogen and oxygen atoms in total. The highest BCUT2D eigenvalue weighted by atomic mass is 35.5. The lowest BCUT2D eigenvalue weighted by atomic mass is 10.1. The Morgan fingerprint density at radius 1 is 1.28 bits per heavy atom. The van der Waals surface area contributed by atoms with Gasteiger partial charge in [-0.1, -0.05) is 23.2 Å². The molecule has 0 saturated carbocycles. The Labute approximate surface area is 154 Å². The highest BCUT2D eigenvalue weighted by Gasteiger charge is 2.31. The second kappa shape index (κ2) is 7.15. The van der Waals surface area contributed by atoms with Crippen molar-refractivity contribution in [1.29, 1.82) is 0 Å². The van der Waals surface area contributed by atoms with E-state index in [1.54, 1.807) is 0 Å². The van der Waals surface area contributed by atoms with Gasteiger partial charge in [0.25, 0.3) is 5.88 Å². The summed E-state index contributed by atoms with van der Waals surface area (Å²) >= 11 is 11.9. The van der Waals surface area contributed by atoms with Gasteiger partial charge < -0.3 is 14.3 Å². The number of nitrogens with zero attached hydrogens (tertiary/aromatic N) is 1. The third-order valence-corrected chi connectivity index (χ3v) is 5.43. The first-order valence-electron chi connectivity index (χ1n) is 7.04. The third kappa shape index (κ3) is 4.02. The number of sulfonamides is 1. The van der Waals surface area contributed by atoms with Gasteiger partial charge in [0.05, 0.1) is 5.75 Å². The molecule has 10 heteroatoms. The van der Waals surface area contributed by atoms with Gasteiger partial charge in [-0.2, -0.15) is 0 Å². The van der Waals surface area contributed by atoms with Crippen LogP contribution in [0.4, 0.5) is 5.88 Å². The van der Waals surface area contributed by atoms with Gasteiger partial charge in [-0.05, 0) is 25.1 Å². The highest BCUT2D eigenvalue weighted by molar-refractivity contribution is 7.92. The fraction of sp³-hybridized carbons (Fsp3) is 0.267. The maximum Gasteiger partial charge on any atom is 0.308 e. The van der Waals surface area contributed by atoms with Gasteiger partial charge in [-0.15, -0.1) is 0 Å².